The van der Waals surface area contributed by atoms with Gasteiger partial charge in [-0.2, -0.15) is 0 Å². The molecule has 1 unspecified atom stereocenters. The summed E-state index contributed by atoms with van der Waals surface area (Å²) in [5.74, 6) is 0.753. The molecule has 23 heavy (non-hydrogen) atoms. The van der Waals surface area contributed by atoms with E-state index in [1.165, 1.54) is 11.6 Å². The molecule has 0 radical (unpaired) electrons. The molecule has 2 aliphatic rings. The average Bonchev–Trinajstić information content (AvgIpc) is 2.48. The van der Waals surface area contributed by atoms with Crippen molar-refractivity contribution in [3.05, 3.63) is 55.0 Å². The molecule has 7 heteroatoms. The van der Waals surface area contributed by atoms with Crippen LogP contribution in [0.2, 0.25) is 0 Å². The van der Waals surface area contributed by atoms with Crippen molar-refractivity contribution in [2.24, 2.45) is 19.1 Å². The van der Waals surface area contributed by atoms with Crippen molar-refractivity contribution in [2.75, 3.05) is 14.1 Å². The fraction of sp³-hybridized carbons (Fsp3) is 0.438. The highest BCUT2D eigenvalue weighted by molar-refractivity contribution is 5.48. The molecule has 0 bridgehead atoms. The van der Waals surface area contributed by atoms with Crippen LogP contribution in [0.3, 0.4) is 0 Å². The van der Waals surface area contributed by atoms with Crippen LogP contribution in [0.5, 0.6) is 0 Å². The molecule has 0 N–H and O–H groups in total. The van der Waals surface area contributed by atoms with Crippen LogP contribution in [-0.4, -0.2) is 39.2 Å². The molecule has 7 nitrogen and oxygen atoms in total. The van der Waals surface area contributed by atoms with Crippen LogP contribution in [0.15, 0.2) is 38.0 Å². The Hall–Kier alpha value is -2.57. The van der Waals surface area contributed by atoms with Crippen LogP contribution in [-0.2, 0) is 14.1 Å². The van der Waals surface area contributed by atoms with Gasteiger partial charge in [-0.05, 0) is 25.0 Å². The maximum Gasteiger partial charge on any atom is 0.332 e. The highest BCUT2D eigenvalue weighted by atomic mass is 16.2. The van der Waals surface area contributed by atoms with Crippen molar-refractivity contribution >= 4 is 5.82 Å². The van der Waals surface area contributed by atoms with Crippen LogP contribution < -0.4 is 22.0 Å². The van der Waals surface area contributed by atoms with E-state index in [-0.39, 0.29) is 17.4 Å². The molecule has 3 rings (SSSR count). The molecule has 1 aromatic rings. The summed E-state index contributed by atoms with van der Waals surface area (Å²) < 4.78 is 2.57. The molecule has 0 aliphatic carbocycles. The molecule has 0 saturated heterocycles. The summed E-state index contributed by atoms with van der Waals surface area (Å²) in [5, 5.41) is 0.453. The molecule has 3 heterocycles. The molecule has 0 saturated carbocycles. The predicted molar refractivity (Wildman–Crippen MR) is 87.9 cm³/mol. The lowest BCUT2D eigenvalue weighted by Crippen LogP contribution is -2.63. The molecule has 1 aromatic heterocycles. The summed E-state index contributed by atoms with van der Waals surface area (Å²) in [4.78, 5) is 33.5. The van der Waals surface area contributed by atoms with Gasteiger partial charge in [0.2, 0.25) is 0 Å². The Morgan fingerprint density at radius 2 is 1.78 bits per heavy atom. The van der Waals surface area contributed by atoms with Gasteiger partial charge in [0, 0.05) is 34.4 Å². The van der Waals surface area contributed by atoms with E-state index in [0.29, 0.717) is 10.7 Å². The van der Waals surface area contributed by atoms with Gasteiger partial charge in [-0.1, -0.05) is 6.08 Å². The third kappa shape index (κ3) is 2.07. The Morgan fingerprint density at radius 1 is 1.13 bits per heavy atom. The number of fused-ring (bicyclic) bond motifs is 2. The molecule has 0 aromatic carbocycles. The minimum Gasteiger partial charge on any atom is -0.363 e. The fourth-order valence-electron chi connectivity index (χ4n) is 3.20. The first-order valence-electron chi connectivity index (χ1n) is 7.44. The van der Waals surface area contributed by atoms with Gasteiger partial charge in [-0.25, -0.2) is 9.79 Å². The van der Waals surface area contributed by atoms with E-state index in [0.717, 1.165) is 21.5 Å². The van der Waals surface area contributed by atoms with Gasteiger partial charge < -0.3 is 9.80 Å². The molecule has 0 amide bonds. The highest BCUT2D eigenvalue weighted by Crippen LogP contribution is 2.26. The summed E-state index contributed by atoms with van der Waals surface area (Å²) in [6, 6.07) is 0. The van der Waals surface area contributed by atoms with Gasteiger partial charge in [0.05, 0.1) is 0 Å². The largest absolute Gasteiger partial charge is 0.363 e. The first-order chi connectivity index (χ1) is 10.7. The molecular weight excluding hydrogens is 294 g/mol. The Kier molecular flexibility index (Phi) is 3.31. The second-order valence-corrected chi connectivity index (χ2v) is 6.29. The van der Waals surface area contributed by atoms with Crippen LogP contribution in [0.25, 0.3) is 5.82 Å². The number of allylic oxidation sites excluding steroid dienone is 2. The smallest absolute Gasteiger partial charge is 0.332 e. The van der Waals surface area contributed by atoms with E-state index in [2.05, 4.69) is 6.08 Å². The summed E-state index contributed by atoms with van der Waals surface area (Å²) in [6.07, 6.45) is 3.83. The fourth-order valence-corrected chi connectivity index (χ4v) is 3.20. The second-order valence-electron chi connectivity index (χ2n) is 6.29. The van der Waals surface area contributed by atoms with E-state index >= 15 is 0 Å². The van der Waals surface area contributed by atoms with Gasteiger partial charge in [-0.15, -0.1) is 0 Å². The Labute approximate surface area is 133 Å². The SMILES string of the molecule is CC1=CN2C(N(C)C)=c3c(=O)n(C)c(=O)n(C)c3=NC2C(C)=C1. The molecule has 1 atom stereocenters. The van der Waals surface area contributed by atoms with Crippen molar-refractivity contribution < 1.29 is 0 Å². The highest BCUT2D eigenvalue weighted by Gasteiger charge is 2.30. The third-order valence-electron chi connectivity index (χ3n) is 4.24. The van der Waals surface area contributed by atoms with E-state index in [4.69, 9.17) is 4.99 Å². The van der Waals surface area contributed by atoms with Crippen molar-refractivity contribution in [3.8, 4) is 0 Å². The average molecular weight is 315 g/mol. The van der Waals surface area contributed by atoms with E-state index < -0.39 is 0 Å². The van der Waals surface area contributed by atoms with Crippen molar-refractivity contribution in [1.82, 2.24) is 18.9 Å². The zero-order valence-corrected chi connectivity index (χ0v) is 14.3. The van der Waals surface area contributed by atoms with Crippen LogP contribution >= 0.6 is 0 Å². The third-order valence-corrected chi connectivity index (χ3v) is 4.24. The Bertz CT molecular complexity index is 991. The summed E-state index contributed by atoms with van der Waals surface area (Å²) in [5.41, 5.74) is 1.91. The van der Waals surface area contributed by atoms with Crippen LogP contribution in [0, 0.1) is 0 Å². The zero-order chi connectivity index (χ0) is 17.0. The molecular formula is C16H21N5O2. The van der Waals surface area contributed by atoms with E-state index in [1.807, 2.05) is 43.9 Å². The summed E-state index contributed by atoms with van der Waals surface area (Å²) in [6.45, 7) is 4.02. The summed E-state index contributed by atoms with van der Waals surface area (Å²) in [7, 11) is 6.93. The van der Waals surface area contributed by atoms with Gasteiger partial charge >= 0.3 is 5.69 Å². The standard InChI is InChI=1S/C16H21N5O2/c1-9-7-10(2)12-17-13-11(14(18(3)4)21(12)8-9)15(22)20(6)16(23)19(13)5/h7-8,12H,1-6H3. The monoisotopic (exact) mass is 315 g/mol. The Morgan fingerprint density at radius 3 is 2.39 bits per heavy atom. The zero-order valence-electron chi connectivity index (χ0n) is 14.3. The number of hydrogen-bond acceptors (Lipinski definition) is 5. The number of aromatic nitrogens is 2. The maximum absolute atomic E-state index is 12.7. The van der Waals surface area contributed by atoms with Crippen LogP contribution in [0.1, 0.15) is 13.8 Å². The molecule has 0 fully saturated rings. The normalized spacial score (nSPS) is 19.5. The van der Waals surface area contributed by atoms with Crippen molar-refractivity contribution in [1.29, 1.82) is 0 Å². The van der Waals surface area contributed by atoms with Crippen LogP contribution in [0.4, 0.5) is 0 Å². The topological polar surface area (TPSA) is 62.8 Å². The molecule has 2 aliphatic heterocycles. The van der Waals surface area contributed by atoms with Gasteiger partial charge in [0.25, 0.3) is 5.56 Å². The number of nitrogens with zero attached hydrogens (tertiary/aromatic N) is 5. The maximum atomic E-state index is 12.7. The minimum atomic E-state index is -0.367. The summed E-state index contributed by atoms with van der Waals surface area (Å²) >= 11 is 0. The lowest BCUT2D eigenvalue weighted by molar-refractivity contribution is 0.333. The van der Waals surface area contributed by atoms with Crippen molar-refractivity contribution in [2.45, 2.75) is 20.0 Å². The Balaban J connectivity index is 2.58. The first-order valence-corrected chi connectivity index (χ1v) is 7.44. The lowest BCUT2D eigenvalue weighted by atomic mass is 10.1. The number of hydrogen-bond donors (Lipinski definition) is 0. The predicted octanol–water partition coefficient (Wildman–Crippen LogP) is -1.16. The van der Waals surface area contributed by atoms with Gasteiger partial charge in [0.1, 0.15) is 17.2 Å². The molecule has 0 spiro atoms. The second kappa shape index (κ2) is 4.97. The van der Waals surface area contributed by atoms with E-state index in [1.54, 1.807) is 7.05 Å². The van der Waals surface area contributed by atoms with Gasteiger partial charge in [0.15, 0.2) is 5.49 Å². The molecule has 122 valence electrons. The van der Waals surface area contributed by atoms with Crippen molar-refractivity contribution in [3.63, 3.8) is 0 Å². The van der Waals surface area contributed by atoms with E-state index in [9.17, 15) is 9.59 Å². The minimum absolute atomic E-state index is 0.235. The lowest BCUT2D eigenvalue weighted by Gasteiger charge is -2.38. The van der Waals surface area contributed by atoms with Gasteiger partial charge in [-0.3, -0.25) is 13.9 Å². The first kappa shape index (κ1) is 15.3. The number of rotatable bonds is 1. The quantitative estimate of drug-likeness (QED) is 0.656.